The normalized spacial score (nSPS) is 16.4. The van der Waals surface area contributed by atoms with Crippen LogP contribution < -0.4 is 5.73 Å². The molecule has 0 aromatic rings. The second-order valence-electron chi connectivity index (χ2n) is 6.33. The van der Waals surface area contributed by atoms with E-state index in [0.717, 1.165) is 31.3 Å². The number of aliphatic hydroxyl groups excluding tert-OH is 1. The Labute approximate surface area is 160 Å². The summed E-state index contributed by atoms with van der Waals surface area (Å²) >= 11 is 0. The zero-order valence-corrected chi connectivity index (χ0v) is 16.2. The molecule has 0 aromatic heterocycles. The summed E-state index contributed by atoms with van der Waals surface area (Å²) in [6.07, 6.45) is 9.32. The Morgan fingerprint density at radius 2 is 1.67 bits per heavy atom. The van der Waals surface area contributed by atoms with E-state index in [4.69, 9.17) is 20.0 Å². The molecule has 1 aliphatic carbocycles. The third-order valence-corrected chi connectivity index (χ3v) is 3.95. The number of primary amides is 1. The molecule has 0 unspecified atom stereocenters. The molecule has 1 rings (SSSR count). The third-order valence-electron chi connectivity index (χ3n) is 3.95. The molecule has 0 bridgehead atoms. The Bertz CT molecular complexity index is 637. The molecule has 150 valence electrons. The van der Waals surface area contributed by atoms with Crippen LogP contribution in [0.4, 0.5) is 0 Å². The van der Waals surface area contributed by atoms with E-state index in [1.807, 2.05) is 6.92 Å². The van der Waals surface area contributed by atoms with Gasteiger partial charge in [-0.1, -0.05) is 19.1 Å². The molecule has 0 atom stereocenters. The summed E-state index contributed by atoms with van der Waals surface area (Å²) in [5.41, 5.74) is 4.69. The standard InChI is InChI=1S/C19H27NO4.CH3NO/c1-12(2)16(24-15-8-6-5-7-9-15)11-10-13(3)18(21)17(14(4)20)19(22)23;2-1-3/h10-11,15,20-21H,1,5-9H2,2-4H3,(H,22,23);1H,(H2,2,3)/b13-10+,16-11+,18-17+,20-14?;. The highest BCUT2D eigenvalue weighted by Gasteiger charge is 2.18. The topological polar surface area (TPSA) is 134 Å². The molecule has 0 heterocycles. The van der Waals surface area contributed by atoms with E-state index in [1.165, 1.54) is 13.3 Å². The maximum absolute atomic E-state index is 11.2. The van der Waals surface area contributed by atoms with Crippen LogP contribution in [-0.4, -0.2) is 34.4 Å². The number of amides is 1. The maximum atomic E-state index is 11.2. The molecule has 7 heteroatoms. The average Bonchev–Trinajstić information content (AvgIpc) is 2.58. The molecule has 0 spiro atoms. The lowest BCUT2D eigenvalue weighted by Crippen LogP contribution is -2.16. The molecule has 1 aliphatic rings. The van der Waals surface area contributed by atoms with Crippen LogP contribution in [0, 0.1) is 5.41 Å². The summed E-state index contributed by atoms with van der Waals surface area (Å²) in [7, 11) is 0. The summed E-state index contributed by atoms with van der Waals surface area (Å²) in [4.78, 5) is 19.7. The molecule has 1 fully saturated rings. The van der Waals surface area contributed by atoms with Crippen LogP contribution in [0.5, 0.6) is 0 Å². The van der Waals surface area contributed by atoms with E-state index in [9.17, 15) is 9.90 Å². The van der Waals surface area contributed by atoms with Crippen molar-refractivity contribution >= 4 is 18.1 Å². The van der Waals surface area contributed by atoms with Gasteiger partial charge in [0.1, 0.15) is 17.1 Å². The SMILES string of the molecule is C=C(C)\C(=C/C=C(C)/C(O)=C(/C(C)=N)C(=O)O)OC1CCCCC1.NC=O. The van der Waals surface area contributed by atoms with Crippen LogP contribution in [0.1, 0.15) is 52.9 Å². The fourth-order valence-corrected chi connectivity index (χ4v) is 2.56. The number of allylic oxidation sites excluding steroid dienone is 4. The van der Waals surface area contributed by atoms with E-state index < -0.39 is 17.3 Å². The van der Waals surface area contributed by atoms with E-state index in [1.54, 1.807) is 19.1 Å². The van der Waals surface area contributed by atoms with Crippen LogP contribution >= 0.6 is 0 Å². The van der Waals surface area contributed by atoms with E-state index >= 15 is 0 Å². The predicted molar refractivity (Wildman–Crippen MR) is 106 cm³/mol. The van der Waals surface area contributed by atoms with Gasteiger partial charge in [-0.2, -0.15) is 0 Å². The molecule has 0 radical (unpaired) electrons. The van der Waals surface area contributed by atoms with Crippen LogP contribution in [0.15, 0.2) is 47.0 Å². The second kappa shape index (κ2) is 12.5. The molecule has 5 N–H and O–H groups in total. The minimum atomic E-state index is -1.32. The van der Waals surface area contributed by atoms with Gasteiger partial charge in [0.25, 0.3) is 0 Å². The van der Waals surface area contributed by atoms with Crippen LogP contribution in [0.3, 0.4) is 0 Å². The number of hydrogen-bond acceptors (Lipinski definition) is 5. The summed E-state index contributed by atoms with van der Waals surface area (Å²) in [6.45, 7) is 8.67. The lowest BCUT2D eigenvalue weighted by atomic mass is 9.97. The zero-order valence-electron chi connectivity index (χ0n) is 16.2. The number of carbonyl (C=O) groups is 2. The summed E-state index contributed by atoms with van der Waals surface area (Å²) in [5, 5.41) is 26.7. The first-order chi connectivity index (χ1) is 12.6. The number of carbonyl (C=O) groups excluding carboxylic acids is 1. The van der Waals surface area contributed by atoms with Crippen LogP contribution in [0.2, 0.25) is 0 Å². The number of nitrogens with two attached hydrogens (primary N) is 1. The largest absolute Gasteiger partial charge is 0.507 e. The first-order valence-corrected chi connectivity index (χ1v) is 8.74. The number of carboxylic acid groups (broad SMARTS) is 1. The van der Waals surface area contributed by atoms with Crippen molar-refractivity contribution in [2.24, 2.45) is 5.73 Å². The van der Waals surface area contributed by atoms with Gasteiger partial charge >= 0.3 is 5.97 Å². The van der Waals surface area contributed by atoms with Crippen molar-refractivity contribution in [2.45, 2.75) is 59.0 Å². The van der Waals surface area contributed by atoms with Gasteiger partial charge in [0.05, 0.1) is 6.10 Å². The lowest BCUT2D eigenvalue weighted by Gasteiger charge is -2.24. The fraction of sp³-hybridized carbons (Fsp3) is 0.450. The molecule has 1 saturated carbocycles. The molecule has 0 aliphatic heterocycles. The van der Waals surface area contributed by atoms with Crippen molar-refractivity contribution in [1.29, 1.82) is 5.41 Å². The van der Waals surface area contributed by atoms with Gasteiger partial charge < -0.3 is 26.1 Å². The molecule has 0 saturated heterocycles. The van der Waals surface area contributed by atoms with Gasteiger partial charge in [0.15, 0.2) is 0 Å². The van der Waals surface area contributed by atoms with E-state index in [-0.39, 0.29) is 18.2 Å². The Hall–Kier alpha value is -2.83. The lowest BCUT2D eigenvalue weighted by molar-refractivity contribution is -0.132. The Morgan fingerprint density at radius 1 is 1.15 bits per heavy atom. The highest BCUT2D eigenvalue weighted by atomic mass is 16.5. The quantitative estimate of drug-likeness (QED) is 0.176. The molecule has 27 heavy (non-hydrogen) atoms. The predicted octanol–water partition coefficient (Wildman–Crippen LogP) is 3.78. The number of aliphatic hydroxyl groups is 1. The fourth-order valence-electron chi connectivity index (χ4n) is 2.56. The second-order valence-corrected chi connectivity index (χ2v) is 6.33. The van der Waals surface area contributed by atoms with E-state index in [2.05, 4.69) is 12.3 Å². The van der Waals surface area contributed by atoms with Gasteiger partial charge in [-0.3, -0.25) is 4.79 Å². The smallest absolute Gasteiger partial charge is 0.341 e. The highest BCUT2D eigenvalue weighted by molar-refractivity contribution is 6.17. The van der Waals surface area contributed by atoms with Gasteiger partial charge in [0.2, 0.25) is 6.41 Å². The van der Waals surface area contributed by atoms with Crippen molar-refractivity contribution in [2.75, 3.05) is 0 Å². The number of rotatable bonds is 7. The van der Waals surface area contributed by atoms with Crippen molar-refractivity contribution in [3.8, 4) is 0 Å². The zero-order chi connectivity index (χ0) is 21.0. The molecular weight excluding hydrogens is 348 g/mol. The minimum absolute atomic E-state index is 0.179. The first kappa shape index (κ1) is 24.2. The Kier molecular flexibility index (Phi) is 11.2. The number of nitrogens with one attached hydrogen (secondary N) is 1. The van der Waals surface area contributed by atoms with Crippen molar-refractivity contribution in [3.05, 3.63) is 47.0 Å². The van der Waals surface area contributed by atoms with Crippen molar-refractivity contribution in [3.63, 3.8) is 0 Å². The number of hydrogen-bond donors (Lipinski definition) is 4. The van der Waals surface area contributed by atoms with Gasteiger partial charge in [0, 0.05) is 5.71 Å². The van der Waals surface area contributed by atoms with Gasteiger partial charge in [-0.15, -0.1) is 0 Å². The van der Waals surface area contributed by atoms with Gasteiger partial charge in [-0.05, 0) is 63.7 Å². The number of ether oxygens (including phenoxy) is 1. The maximum Gasteiger partial charge on any atom is 0.341 e. The Morgan fingerprint density at radius 3 is 2.07 bits per heavy atom. The summed E-state index contributed by atoms with van der Waals surface area (Å²) < 4.78 is 6.00. The number of carboxylic acids is 1. The highest BCUT2D eigenvalue weighted by Crippen LogP contribution is 2.25. The summed E-state index contributed by atoms with van der Waals surface area (Å²) in [5.74, 6) is -1.10. The third kappa shape index (κ3) is 8.89. The first-order valence-electron chi connectivity index (χ1n) is 8.74. The minimum Gasteiger partial charge on any atom is -0.507 e. The monoisotopic (exact) mass is 378 g/mol. The number of aliphatic carboxylic acids is 1. The van der Waals surface area contributed by atoms with Crippen LogP contribution in [0.25, 0.3) is 0 Å². The van der Waals surface area contributed by atoms with Crippen LogP contribution in [-0.2, 0) is 14.3 Å². The summed E-state index contributed by atoms with van der Waals surface area (Å²) in [6, 6.07) is 0. The average molecular weight is 378 g/mol. The van der Waals surface area contributed by atoms with Crippen molar-refractivity contribution < 1.29 is 24.5 Å². The molecule has 7 nitrogen and oxygen atoms in total. The van der Waals surface area contributed by atoms with E-state index in [0.29, 0.717) is 11.3 Å². The molecule has 0 aromatic carbocycles. The van der Waals surface area contributed by atoms with Crippen molar-refractivity contribution in [1.82, 2.24) is 0 Å². The molecular formula is C20H30N2O5. The molecule has 1 amide bonds. The van der Waals surface area contributed by atoms with Gasteiger partial charge in [-0.25, -0.2) is 4.79 Å². The Balaban J connectivity index is 0.00000210.